The lowest BCUT2D eigenvalue weighted by Crippen LogP contribution is -2.45. The van der Waals surface area contributed by atoms with Gasteiger partial charge in [0.05, 0.1) is 5.92 Å². The zero-order chi connectivity index (χ0) is 13.1. The summed E-state index contributed by atoms with van der Waals surface area (Å²) in [6, 6.07) is 0.232. The second-order valence-electron chi connectivity index (χ2n) is 5.40. The van der Waals surface area contributed by atoms with Gasteiger partial charge in [-0.1, -0.05) is 6.92 Å². The molecule has 0 radical (unpaired) electrons. The Bertz CT molecular complexity index is 324. The summed E-state index contributed by atoms with van der Waals surface area (Å²) in [6.07, 6.45) is 3.10. The van der Waals surface area contributed by atoms with Gasteiger partial charge >= 0.3 is 0 Å². The second kappa shape index (κ2) is 5.69. The van der Waals surface area contributed by atoms with E-state index in [4.69, 9.17) is 5.73 Å². The smallest absolute Gasteiger partial charge is 0.227 e. The lowest BCUT2D eigenvalue weighted by atomic mass is 10.0. The molecule has 0 aromatic carbocycles. The molecule has 2 rings (SSSR count). The number of carbonyl (C=O) groups is 2. The average Bonchev–Trinajstić information content (AvgIpc) is 2.72. The minimum atomic E-state index is -0.127. The van der Waals surface area contributed by atoms with Crippen molar-refractivity contribution in [2.24, 2.45) is 11.7 Å². The van der Waals surface area contributed by atoms with Crippen molar-refractivity contribution >= 4 is 11.8 Å². The number of piperidine rings is 1. The van der Waals surface area contributed by atoms with Gasteiger partial charge in [0, 0.05) is 38.6 Å². The van der Waals surface area contributed by atoms with Gasteiger partial charge in [-0.2, -0.15) is 0 Å². The standard InChI is InChI=1S/C13H23N3O2/c1-2-5-16-9-10(8-12(16)17)13(18)15-6-3-11(14)4-7-15/h10-11H,2-9,14H2,1H3. The maximum Gasteiger partial charge on any atom is 0.227 e. The first-order chi connectivity index (χ1) is 8.61. The summed E-state index contributed by atoms with van der Waals surface area (Å²) in [6.45, 7) is 4.92. The van der Waals surface area contributed by atoms with Crippen LogP contribution < -0.4 is 5.73 Å². The summed E-state index contributed by atoms with van der Waals surface area (Å²) in [5, 5.41) is 0. The first-order valence-corrected chi connectivity index (χ1v) is 6.94. The van der Waals surface area contributed by atoms with E-state index in [1.54, 1.807) is 0 Å². The Morgan fingerprint density at radius 1 is 1.39 bits per heavy atom. The first kappa shape index (κ1) is 13.3. The second-order valence-corrected chi connectivity index (χ2v) is 5.40. The van der Waals surface area contributed by atoms with Crippen molar-refractivity contribution in [2.75, 3.05) is 26.2 Å². The zero-order valence-corrected chi connectivity index (χ0v) is 11.1. The van der Waals surface area contributed by atoms with Gasteiger partial charge in [-0.25, -0.2) is 0 Å². The van der Waals surface area contributed by atoms with Crippen molar-refractivity contribution in [1.29, 1.82) is 0 Å². The summed E-state index contributed by atoms with van der Waals surface area (Å²) in [4.78, 5) is 27.8. The number of amides is 2. The molecule has 0 aromatic rings. The minimum absolute atomic E-state index is 0.127. The van der Waals surface area contributed by atoms with Crippen LogP contribution in [0.1, 0.15) is 32.6 Å². The quantitative estimate of drug-likeness (QED) is 0.781. The van der Waals surface area contributed by atoms with Crippen molar-refractivity contribution in [2.45, 2.75) is 38.6 Å². The fraction of sp³-hybridized carbons (Fsp3) is 0.846. The monoisotopic (exact) mass is 253 g/mol. The van der Waals surface area contributed by atoms with E-state index in [0.29, 0.717) is 13.0 Å². The molecule has 1 atom stereocenters. The lowest BCUT2D eigenvalue weighted by molar-refractivity contribution is -0.136. The molecule has 2 saturated heterocycles. The maximum absolute atomic E-state index is 12.3. The fourth-order valence-electron chi connectivity index (χ4n) is 2.80. The summed E-state index contributed by atoms with van der Waals surface area (Å²) in [5.74, 6) is 0.149. The molecule has 1 unspecified atom stereocenters. The molecule has 2 aliphatic rings. The number of rotatable bonds is 3. The van der Waals surface area contributed by atoms with Gasteiger partial charge in [0.25, 0.3) is 0 Å². The van der Waals surface area contributed by atoms with Crippen LogP contribution in [-0.2, 0) is 9.59 Å². The van der Waals surface area contributed by atoms with E-state index in [0.717, 1.165) is 38.9 Å². The highest BCUT2D eigenvalue weighted by Crippen LogP contribution is 2.22. The number of carbonyl (C=O) groups excluding carboxylic acids is 2. The molecule has 102 valence electrons. The van der Waals surface area contributed by atoms with Crippen molar-refractivity contribution in [1.82, 2.24) is 9.80 Å². The molecule has 2 N–H and O–H groups in total. The van der Waals surface area contributed by atoms with Crippen molar-refractivity contribution in [3.8, 4) is 0 Å². The van der Waals surface area contributed by atoms with E-state index < -0.39 is 0 Å². The van der Waals surface area contributed by atoms with Gasteiger partial charge in [-0.15, -0.1) is 0 Å². The van der Waals surface area contributed by atoms with Crippen LogP contribution in [0, 0.1) is 5.92 Å². The van der Waals surface area contributed by atoms with Crippen LogP contribution in [0.25, 0.3) is 0 Å². The Hall–Kier alpha value is -1.10. The minimum Gasteiger partial charge on any atom is -0.342 e. The third-order valence-electron chi connectivity index (χ3n) is 3.91. The molecule has 0 aliphatic carbocycles. The van der Waals surface area contributed by atoms with Crippen LogP contribution in [0.15, 0.2) is 0 Å². The number of hydrogen-bond acceptors (Lipinski definition) is 3. The highest BCUT2D eigenvalue weighted by Gasteiger charge is 2.36. The molecule has 5 heteroatoms. The molecule has 0 bridgehead atoms. The van der Waals surface area contributed by atoms with E-state index in [9.17, 15) is 9.59 Å². The number of likely N-dealkylation sites (tertiary alicyclic amines) is 2. The third-order valence-corrected chi connectivity index (χ3v) is 3.91. The number of nitrogens with zero attached hydrogens (tertiary/aromatic N) is 2. The van der Waals surface area contributed by atoms with E-state index >= 15 is 0 Å². The Kier molecular flexibility index (Phi) is 4.22. The summed E-state index contributed by atoms with van der Waals surface area (Å²) >= 11 is 0. The molecule has 2 heterocycles. The van der Waals surface area contributed by atoms with Crippen molar-refractivity contribution < 1.29 is 9.59 Å². The molecule has 0 aromatic heterocycles. The first-order valence-electron chi connectivity index (χ1n) is 6.94. The van der Waals surface area contributed by atoms with Crippen LogP contribution in [0.2, 0.25) is 0 Å². The van der Waals surface area contributed by atoms with E-state index in [1.807, 2.05) is 9.80 Å². The normalized spacial score (nSPS) is 25.9. The average molecular weight is 253 g/mol. The maximum atomic E-state index is 12.3. The van der Waals surface area contributed by atoms with Crippen LogP contribution >= 0.6 is 0 Å². The predicted molar refractivity (Wildman–Crippen MR) is 68.8 cm³/mol. The third kappa shape index (κ3) is 2.83. The molecule has 0 saturated carbocycles. The highest BCUT2D eigenvalue weighted by atomic mass is 16.2. The van der Waals surface area contributed by atoms with Crippen LogP contribution in [0.3, 0.4) is 0 Å². The molecule has 2 aliphatic heterocycles. The van der Waals surface area contributed by atoms with Crippen molar-refractivity contribution in [3.63, 3.8) is 0 Å². The molecule has 2 amide bonds. The predicted octanol–water partition coefficient (Wildman–Crippen LogP) is 0.195. The summed E-state index contributed by atoms with van der Waals surface area (Å²) < 4.78 is 0. The Morgan fingerprint density at radius 3 is 2.67 bits per heavy atom. The zero-order valence-electron chi connectivity index (χ0n) is 11.1. The van der Waals surface area contributed by atoms with Gasteiger partial charge in [0.1, 0.15) is 0 Å². The lowest BCUT2D eigenvalue weighted by Gasteiger charge is -2.31. The molecule has 0 spiro atoms. The molecular weight excluding hydrogens is 230 g/mol. The Morgan fingerprint density at radius 2 is 2.06 bits per heavy atom. The van der Waals surface area contributed by atoms with E-state index in [1.165, 1.54) is 0 Å². The largest absolute Gasteiger partial charge is 0.342 e. The summed E-state index contributed by atoms with van der Waals surface area (Å²) in [7, 11) is 0. The van der Waals surface area contributed by atoms with Crippen LogP contribution in [-0.4, -0.2) is 53.8 Å². The van der Waals surface area contributed by atoms with Gasteiger partial charge in [0.15, 0.2) is 0 Å². The van der Waals surface area contributed by atoms with Crippen molar-refractivity contribution in [3.05, 3.63) is 0 Å². The number of hydrogen-bond donors (Lipinski definition) is 1. The topological polar surface area (TPSA) is 66.6 Å². The van der Waals surface area contributed by atoms with Gasteiger partial charge in [-0.3, -0.25) is 9.59 Å². The Balaban J connectivity index is 1.88. The molecule has 2 fully saturated rings. The number of nitrogens with two attached hydrogens (primary N) is 1. The fourth-order valence-corrected chi connectivity index (χ4v) is 2.80. The SMILES string of the molecule is CCCN1CC(C(=O)N2CCC(N)CC2)CC1=O. The van der Waals surface area contributed by atoms with E-state index in [-0.39, 0.29) is 23.8 Å². The van der Waals surface area contributed by atoms with Crippen LogP contribution in [0.5, 0.6) is 0 Å². The van der Waals surface area contributed by atoms with E-state index in [2.05, 4.69) is 6.92 Å². The van der Waals surface area contributed by atoms with Gasteiger partial charge in [0.2, 0.25) is 11.8 Å². The molecule has 18 heavy (non-hydrogen) atoms. The molecule has 5 nitrogen and oxygen atoms in total. The molecular formula is C13H23N3O2. The summed E-state index contributed by atoms with van der Waals surface area (Å²) in [5.41, 5.74) is 5.83. The van der Waals surface area contributed by atoms with Crippen LogP contribution in [0.4, 0.5) is 0 Å². The van der Waals surface area contributed by atoms with Gasteiger partial charge < -0.3 is 15.5 Å². The highest BCUT2D eigenvalue weighted by molar-refractivity contribution is 5.89. The van der Waals surface area contributed by atoms with Gasteiger partial charge in [-0.05, 0) is 19.3 Å². The Labute approximate surface area is 108 Å².